The summed E-state index contributed by atoms with van der Waals surface area (Å²) in [4.78, 5) is 15.4. The third kappa shape index (κ3) is 4.41. The first-order valence-corrected chi connectivity index (χ1v) is 15.5. The fourth-order valence-electron chi connectivity index (χ4n) is 6.62. The number of benzene rings is 7. The Morgan fingerprint density at radius 2 is 0.913 bits per heavy atom. The second-order valence-electron chi connectivity index (χ2n) is 11.6. The van der Waals surface area contributed by atoms with Crippen LogP contribution < -0.4 is 0 Å². The summed E-state index contributed by atoms with van der Waals surface area (Å²) in [7, 11) is 0. The predicted octanol–water partition coefficient (Wildman–Crippen LogP) is 11.2. The zero-order valence-corrected chi connectivity index (χ0v) is 24.9. The molecule has 0 saturated heterocycles. The van der Waals surface area contributed by atoms with Crippen molar-refractivity contribution >= 4 is 43.4 Å². The van der Waals surface area contributed by atoms with Crippen molar-refractivity contribution in [3.63, 3.8) is 0 Å². The highest BCUT2D eigenvalue weighted by Crippen LogP contribution is 2.38. The predicted molar refractivity (Wildman–Crippen MR) is 192 cm³/mol. The van der Waals surface area contributed by atoms with Crippen LogP contribution in [0.2, 0.25) is 0 Å². The van der Waals surface area contributed by atoms with Gasteiger partial charge in [-0.05, 0) is 40.1 Å². The fourth-order valence-corrected chi connectivity index (χ4v) is 6.62. The first-order chi connectivity index (χ1) is 22.8. The summed E-state index contributed by atoms with van der Waals surface area (Å²) in [5.74, 6) is 0.702. The summed E-state index contributed by atoms with van der Waals surface area (Å²) in [6.45, 7) is 0. The first-order valence-electron chi connectivity index (χ1n) is 15.5. The van der Waals surface area contributed by atoms with Crippen molar-refractivity contribution < 1.29 is 0 Å². The molecule has 0 radical (unpaired) electrons. The molecule has 3 heteroatoms. The minimum absolute atomic E-state index is 0.702. The molecule has 0 unspecified atom stereocenters. The maximum Gasteiger partial charge on any atom is 0.160 e. The highest BCUT2D eigenvalue weighted by Gasteiger charge is 2.15. The Bertz CT molecular complexity index is 2560. The lowest BCUT2D eigenvalue weighted by molar-refractivity contribution is 1.23. The molecule has 7 aromatic carbocycles. The molecule has 9 aromatic rings. The van der Waals surface area contributed by atoms with Gasteiger partial charge in [-0.2, -0.15) is 0 Å². The van der Waals surface area contributed by atoms with Crippen LogP contribution in [0.4, 0.5) is 0 Å². The Morgan fingerprint density at radius 1 is 0.304 bits per heavy atom. The van der Waals surface area contributed by atoms with E-state index >= 15 is 0 Å². The van der Waals surface area contributed by atoms with Gasteiger partial charge in [0, 0.05) is 38.2 Å². The lowest BCUT2D eigenvalue weighted by Gasteiger charge is -2.13. The van der Waals surface area contributed by atoms with E-state index in [1.807, 2.05) is 12.1 Å². The van der Waals surface area contributed by atoms with Crippen molar-refractivity contribution in [1.82, 2.24) is 15.0 Å². The summed E-state index contributed by atoms with van der Waals surface area (Å²) >= 11 is 0. The Morgan fingerprint density at radius 3 is 1.74 bits per heavy atom. The molecule has 0 N–H and O–H groups in total. The molecule has 0 bridgehead atoms. The van der Waals surface area contributed by atoms with Gasteiger partial charge in [0.15, 0.2) is 5.82 Å². The molecule has 0 aliphatic rings. The second kappa shape index (κ2) is 10.8. The van der Waals surface area contributed by atoms with E-state index < -0.39 is 0 Å². The van der Waals surface area contributed by atoms with Gasteiger partial charge >= 0.3 is 0 Å². The van der Waals surface area contributed by atoms with Gasteiger partial charge < -0.3 is 0 Å². The number of para-hydroxylation sites is 2. The highest BCUT2D eigenvalue weighted by molar-refractivity contribution is 6.22. The van der Waals surface area contributed by atoms with E-state index in [1.165, 1.54) is 27.1 Å². The molecule has 9 rings (SSSR count). The number of hydrogen-bond acceptors (Lipinski definition) is 3. The number of hydrogen-bond donors (Lipinski definition) is 0. The van der Waals surface area contributed by atoms with Crippen LogP contribution in [-0.2, 0) is 0 Å². The van der Waals surface area contributed by atoms with Gasteiger partial charge in [-0.15, -0.1) is 0 Å². The zero-order chi connectivity index (χ0) is 30.5. The van der Waals surface area contributed by atoms with Crippen molar-refractivity contribution in [2.75, 3.05) is 0 Å². The van der Waals surface area contributed by atoms with Crippen molar-refractivity contribution in [3.05, 3.63) is 164 Å². The summed E-state index contributed by atoms with van der Waals surface area (Å²) in [6.07, 6.45) is 0. The van der Waals surface area contributed by atoms with Crippen LogP contribution in [0.15, 0.2) is 164 Å². The van der Waals surface area contributed by atoms with Crippen molar-refractivity contribution in [1.29, 1.82) is 0 Å². The number of rotatable bonds is 4. The molecule has 0 saturated carbocycles. The number of fused-ring (bicyclic) bond motifs is 6. The Labute approximate surface area is 266 Å². The SMILES string of the molecule is c1ccc(-c2cccc(-c3nc(-c4ccc(-c5nc6ccccc6c6c5ccc5ccccc56)cc4)nc4ccccc34)c2)cc1. The minimum atomic E-state index is 0.702. The van der Waals surface area contributed by atoms with Gasteiger partial charge in [-0.25, -0.2) is 15.0 Å². The van der Waals surface area contributed by atoms with Crippen molar-refractivity contribution in [2.24, 2.45) is 0 Å². The normalized spacial score (nSPS) is 11.5. The smallest absolute Gasteiger partial charge is 0.160 e. The van der Waals surface area contributed by atoms with Crippen LogP contribution >= 0.6 is 0 Å². The Hall–Kier alpha value is -6.19. The molecule has 0 fully saturated rings. The lowest BCUT2D eigenvalue weighted by atomic mass is 9.95. The molecular weight excluding hydrogens is 558 g/mol. The Balaban J connectivity index is 1.18. The van der Waals surface area contributed by atoms with Crippen LogP contribution in [-0.4, -0.2) is 15.0 Å². The van der Waals surface area contributed by atoms with Crippen LogP contribution in [0.3, 0.4) is 0 Å². The van der Waals surface area contributed by atoms with Crippen LogP contribution in [0.25, 0.3) is 88.4 Å². The molecule has 2 heterocycles. The van der Waals surface area contributed by atoms with E-state index in [2.05, 4.69) is 152 Å². The third-order valence-electron chi connectivity index (χ3n) is 8.85. The molecule has 3 nitrogen and oxygen atoms in total. The Kier molecular flexibility index (Phi) is 6.14. The van der Waals surface area contributed by atoms with Crippen LogP contribution in [0, 0.1) is 0 Å². The second-order valence-corrected chi connectivity index (χ2v) is 11.6. The molecule has 0 aliphatic carbocycles. The molecule has 0 spiro atoms. The molecule has 46 heavy (non-hydrogen) atoms. The van der Waals surface area contributed by atoms with E-state index in [9.17, 15) is 0 Å². The molecule has 0 aliphatic heterocycles. The van der Waals surface area contributed by atoms with Crippen molar-refractivity contribution in [2.45, 2.75) is 0 Å². The summed E-state index contributed by atoms with van der Waals surface area (Å²) < 4.78 is 0. The molecule has 214 valence electrons. The number of nitrogens with zero attached hydrogens (tertiary/aromatic N) is 3. The summed E-state index contributed by atoms with van der Waals surface area (Å²) in [6, 6.07) is 57.3. The van der Waals surface area contributed by atoms with Crippen LogP contribution in [0.1, 0.15) is 0 Å². The van der Waals surface area contributed by atoms with Gasteiger partial charge in [-0.1, -0.05) is 146 Å². The quantitative estimate of drug-likeness (QED) is 0.193. The molecule has 0 atom stereocenters. The van der Waals surface area contributed by atoms with Gasteiger partial charge in [0.25, 0.3) is 0 Å². The number of pyridine rings is 1. The summed E-state index contributed by atoms with van der Waals surface area (Å²) in [5.41, 5.74) is 9.25. The third-order valence-corrected chi connectivity index (χ3v) is 8.85. The maximum absolute atomic E-state index is 5.18. The van der Waals surface area contributed by atoms with E-state index in [4.69, 9.17) is 15.0 Å². The fraction of sp³-hybridized carbons (Fsp3) is 0. The van der Waals surface area contributed by atoms with Gasteiger partial charge in [0.1, 0.15) is 0 Å². The van der Waals surface area contributed by atoms with Gasteiger partial charge in [-0.3, -0.25) is 0 Å². The molecular formula is C43H27N3. The standard InChI is InChI=1S/C43H27N3/c1-2-11-28(12-3-1)32-14-10-15-33(27-32)42-36-18-7-9-20-39(36)45-43(46-42)31-23-21-30(22-24-31)41-37-26-25-29-13-4-5-16-34(29)40(37)35-17-6-8-19-38(35)44-41/h1-27H. The average molecular weight is 586 g/mol. The average Bonchev–Trinajstić information content (AvgIpc) is 3.14. The maximum atomic E-state index is 5.18. The molecule has 0 amide bonds. The van der Waals surface area contributed by atoms with E-state index in [-0.39, 0.29) is 0 Å². The van der Waals surface area contributed by atoms with Crippen LogP contribution in [0.5, 0.6) is 0 Å². The highest BCUT2D eigenvalue weighted by atomic mass is 14.9. The number of aromatic nitrogens is 3. The minimum Gasteiger partial charge on any atom is -0.247 e. The van der Waals surface area contributed by atoms with E-state index in [0.717, 1.165) is 55.4 Å². The largest absolute Gasteiger partial charge is 0.247 e. The lowest BCUT2D eigenvalue weighted by Crippen LogP contribution is -1.96. The van der Waals surface area contributed by atoms with Gasteiger partial charge in [0.2, 0.25) is 0 Å². The first kappa shape index (κ1) is 26.2. The van der Waals surface area contributed by atoms with Gasteiger partial charge in [0.05, 0.1) is 22.4 Å². The van der Waals surface area contributed by atoms with E-state index in [1.54, 1.807) is 0 Å². The molecule has 2 aromatic heterocycles. The summed E-state index contributed by atoms with van der Waals surface area (Å²) in [5, 5.41) is 7.06. The monoisotopic (exact) mass is 585 g/mol. The van der Waals surface area contributed by atoms with E-state index in [0.29, 0.717) is 5.82 Å². The topological polar surface area (TPSA) is 38.7 Å². The zero-order valence-electron chi connectivity index (χ0n) is 24.9. The van der Waals surface area contributed by atoms with Crippen molar-refractivity contribution in [3.8, 4) is 45.0 Å².